The van der Waals surface area contributed by atoms with Crippen LogP contribution in [0.4, 0.5) is 16.0 Å². The van der Waals surface area contributed by atoms with Crippen molar-refractivity contribution >= 4 is 23.4 Å². The van der Waals surface area contributed by atoms with Gasteiger partial charge in [0, 0.05) is 17.5 Å². The lowest BCUT2D eigenvalue weighted by molar-refractivity contribution is 0.621. The van der Waals surface area contributed by atoms with Crippen LogP contribution in [0.2, 0.25) is 0 Å². The van der Waals surface area contributed by atoms with Gasteiger partial charge in [-0.25, -0.2) is 14.4 Å². The average Bonchev–Trinajstić information content (AvgIpc) is 2.32. The van der Waals surface area contributed by atoms with Crippen molar-refractivity contribution < 1.29 is 4.39 Å². The molecule has 5 N–H and O–H groups in total. The van der Waals surface area contributed by atoms with E-state index < -0.39 is 0 Å². The van der Waals surface area contributed by atoms with Crippen molar-refractivity contribution in [1.29, 1.82) is 0 Å². The number of nitrogens with zero attached hydrogens (tertiary/aromatic N) is 2. The molecule has 19 heavy (non-hydrogen) atoms. The Balaban J connectivity index is 2.31. The van der Waals surface area contributed by atoms with Gasteiger partial charge in [-0.05, 0) is 42.6 Å². The third-order valence-corrected chi connectivity index (χ3v) is 3.32. The van der Waals surface area contributed by atoms with Crippen molar-refractivity contribution in [3.8, 4) is 0 Å². The molecule has 0 amide bonds. The molecule has 1 heterocycles. The minimum Gasteiger partial charge on any atom is -0.383 e. The molecule has 0 saturated heterocycles. The van der Waals surface area contributed by atoms with Crippen LogP contribution in [0.1, 0.15) is 5.56 Å². The molecule has 0 aliphatic rings. The van der Waals surface area contributed by atoms with Crippen molar-refractivity contribution in [3.05, 3.63) is 35.6 Å². The second kappa shape index (κ2) is 5.85. The predicted molar refractivity (Wildman–Crippen MR) is 74.1 cm³/mol. The Morgan fingerprint density at radius 1 is 1.21 bits per heavy atom. The fraction of sp³-hybridized carbons (Fsp3) is 0.167. The summed E-state index contributed by atoms with van der Waals surface area (Å²) in [4.78, 5) is 9.04. The van der Waals surface area contributed by atoms with Crippen LogP contribution < -0.4 is 16.8 Å². The number of nitrogens with one attached hydrogen (secondary N) is 1. The van der Waals surface area contributed by atoms with E-state index in [1.165, 1.54) is 30.0 Å². The summed E-state index contributed by atoms with van der Waals surface area (Å²) in [5.41, 5.74) is 12.1. The molecule has 0 saturated carbocycles. The largest absolute Gasteiger partial charge is 0.383 e. The molecular formula is C12H14FN5S. The van der Waals surface area contributed by atoms with E-state index >= 15 is 0 Å². The first-order valence-electron chi connectivity index (χ1n) is 5.59. The molecule has 0 bridgehead atoms. The summed E-state index contributed by atoms with van der Waals surface area (Å²) in [6.07, 6.45) is 0. The Bertz CT molecular complexity index is 570. The zero-order chi connectivity index (χ0) is 13.8. The van der Waals surface area contributed by atoms with Crippen LogP contribution in [0.5, 0.6) is 0 Å². The molecule has 2 aromatic rings. The van der Waals surface area contributed by atoms with Crippen LogP contribution in [0.3, 0.4) is 0 Å². The predicted octanol–water partition coefficient (Wildman–Crippen LogP) is 1.65. The second-order valence-electron chi connectivity index (χ2n) is 3.88. The first-order valence-corrected chi connectivity index (χ1v) is 6.41. The summed E-state index contributed by atoms with van der Waals surface area (Å²) < 4.78 is 13.2. The molecular weight excluding hydrogens is 265 g/mol. The van der Waals surface area contributed by atoms with Crippen LogP contribution in [-0.4, -0.2) is 17.0 Å². The minimum atomic E-state index is -0.275. The van der Waals surface area contributed by atoms with E-state index in [4.69, 9.17) is 11.5 Å². The molecule has 7 heteroatoms. The first kappa shape index (κ1) is 13.6. The average molecular weight is 279 g/mol. The number of aromatic nitrogens is 2. The maximum atomic E-state index is 13.2. The standard InChI is InChI=1S/C12H14FN5S/c1-16-6-7-4-8(13)2-3-9(7)19-12-17-10(14)5-11(15)18-12/h2-5,16H,6H2,1H3,(H4,14,15,17,18). The molecule has 0 atom stereocenters. The molecule has 1 aromatic carbocycles. The van der Waals surface area contributed by atoms with Gasteiger partial charge in [-0.3, -0.25) is 0 Å². The monoisotopic (exact) mass is 279 g/mol. The summed E-state index contributed by atoms with van der Waals surface area (Å²) in [6.45, 7) is 0.553. The first-order chi connectivity index (χ1) is 9.08. The summed E-state index contributed by atoms with van der Waals surface area (Å²) in [7, 11) is 1.80. The summed E-state index contributed by atoms with van der Waals surface area (Å²) in [5, 5.41) is 3.44. The third kappa shape index (κ3) is 3.55. The molecule has 100 valence electrons. The Hall–Kier alpha value is -1.86. The highest BCUT2D eigenvalue weighted by molar-refractivity contribution is 7.99. The Labute approximate surface area is 114 Å². The van der Waals surface area contributed by atoms with E-state index in [0.717, 1.165) is 10.5 Å². The lowest BCUT2D eigenvalue weighted by Crippen LogP contribution is -2.07. The van der Waals surface area contributed by atoms with E-state index in [2.05, 4.69) is 15.3 Å². The fourth-order valence-corrected chi connectivity index (χ4v) is 2.48. The molecule has 2 rings (SSSR count). The molecule has 1 aromatic heterocycles. The normalized spacial score (nSPS) is 10.6. The van der Waals surface area contributed by atoms with Gasteiger partial charge in [0.25, 0.3) is 0 Å². The van der Waals surface area contributed by atoms with Crippen molar-refractivity contribution in [2.75, 3.05) is 18.5 Å². The van der Waals surface area contributed by atoms with Gasteiger partial charge in [-0.1, -0.05) is 0 Å². The maximum absolute atomic E-state index is 13.2. The number of hydrogen-bond donors (Lipinski definition) is 3. The summed E-state index contributed by atoms with van der Waals surface area (Å²) >= 11 is 1.30. The summed E-state index contributed by atoms with van der Waals surface area (Å²) in [6, 6.07) is 6.06. The Morgan fingerprint density at radius 2 is 1.89 bits per heavy atom. The van der Waals surface area contributed by atoms with E-state index in [0.29, 0.717) is 23.3 Å². The molecule has 0 radical (unpaired) electrons. The van der Waals surface area contributed by atoms with E-state index in [9.17, 15) is 4.39 Å². The maximum Gasteiger partial charge on any atom is 0.196 e. The lowest BCUT2D eigenvalue weighted by Gasteiger charge is -2.08. The fourth-order valence-electron chi connectivity index (χ4n) is 1.58. The summed E-state index contributed by atoms with van der Waals surface area (Å²) in [5.74, 6) is 0.349. The highest BCUT2D eigenvalue weighted by Gasteiger charge is 2.08. The van der Waals surface area contributed by atoms with Crippen molar-refractivity contribution in [2.45, 2.75) is 16.6 Å². The minimum absolute atomic E-state index is 0.275. The van der Waals surface area contributed by atoms with Gasteiger partial charge in [0.1, 0.15) is 17.5 Å². The Morgan fingerprint density at radius 3 is 2.53 bits per heavy atom. The molecule has 0 aliphatic heterocycles. The molecule has 0 spiro atoms. The Kier molecular flexibility index (Phi) is 4.18. The number of benzene rings is 1. The van der Waals surface area contributed by atoms with Gasteiger partial charge in [0.15, 0.2) is 5.16 Å². The lowest BCUT2D eigenvalue weighted by atomic mass is 10.2. The van der Waals surface area contributed by atoms with Crippen LogP contribution in [-0.2, 0) is 6.54 Å². The van der Waals surface area contributed by atoms with Gasteiger partial charge in [0.05, 0.1) is 0 Å². The topological polar surface area (TPSA) is 89.8 Å². The van der Waals surface area contributed by atoms with Gasteiger partial charge in [-0.15, -0.1) is 0 Å². The van der Waals surface area contributed by atoms with Gasteiger partial charge in [0.2, 0.25) is 0 Å². The molecule has 0 unspecified atom stereocenters. The van der Waals surface area contributed by atoms with E-state index in [-0.39, 0.29) is 5.82 Å². The molecule has 0 aliphatic carbocycles. The zero-order valence-electron chi connectivity index (χ0n) is 10.4. The van der Waals surface area contributed by atoms with Crippen LogP contribution >= 0.6 is 11.8 Å². The van der Waals surface area contributed by atoms with Crippen LogP contribution in [0, 0.1) is 5.82 Å². The van der Waals surface area contributed by atoms with Crippen LogP contribution in [0.25, 0.3) is 0 Å². The second-order valence-corrected chi connectivity index (χ2v) is 4.89. The van der Waals surface area contributed by atoms with Gasteiger partial charge < -0.3 is 16.8 Å². The number of anilines is 2. The zero-order valence-corrected chi connectivity index (χ0v) is 11.2. The van der Waals surface area contributed by atoms with E-state index in [1.54, 1.807) is 13.1 Å². The third-order valence-electron chi connectivity index (χ3n) is 2.34. The quantitative estimate of drug-likeness (QED) is 0.737. The van der Waals surface area contributed by atoms with Crippen molar-refractivity contribution in [1.82, 2.24) is 15.3 Å². The number of rotatable bonds is 4. The highest BCUT2D eigenvalue weighted by atomic mass is 32.2. The number of nitrogens with two attached hydrogens (primary N) is 2. The van der Waals surface area contributed by atoms with Gasteiger partial charge in [-0.2, -0.15) is 0 Å². The smallest absolute Gasteiger partial charge is 0.196 e. The van der Waals surface area contributed by atoms with Gasteiger partial charge >= 0.3 is 0 Å². The van der Waals surface area contributed by atoms with Crippen LogP contribution in [0.15, 0.2) is 34.3 Å². The van der Waals surface area contributed by atoms with Crippen molar-refractivity contribution in [3.63, 3.8) is 0 Å². The number of nitrogen functional groups attached to an aromatic ring is 2. The highest BCUT2D eigenvalue weighted by Crippen LogP contribution is 2.29. The number of halogens is 1. The van der Waals surface area contributed by atoms with E-state index in [1.807, 2.05) is 0 Å². The number of hydrogen-bond acceptors (Lipinski definition) is 6. The van der Waals surface area contributed by atoms with Crippen molar-refractivity contribution in [2.24, 2.45) is 0 Å². The SMILES string of the molecule is CNCc1cc(F)ccc1Sc1nc(N)cc(N)n1. The molecule has 5 nitrogen and oxygen atoms in total. The molecule has 0 fully saturated rings.